The van der Waals surface area contributed by atoms with Crippen molar-refractivity contribution in [2.45, 2.75) is 56.2 Å². The van der Waals surface area contributed by atoms with Gasteiger partial charge in [-0.25, -0.2) is 4.79 Å². The molecule has 1 saturated heterocycles. The first-order valence-corrected chi connectivity index (χ1v) is 12.3. The minimum atomic E-state index is -2.40. The van der Waals surface area contributed by atoms with Crippen molar-refractivity contribution < 1.29 is 44.3 Å². The highest BCUT2D eigenvalue weighted by molar-refractivity contribution is 6.42. The fourth-order valence-electron chi connectivity index (χ4n) is 4.00. The molecule has 38 heavy (non-hydrogen) atoms. The molecular weight excluding hydrogens is 543 g/mol. The monoisotopic (exact) mass is 570 g/mol. The van der Waals surface area contributed by atoms with Crippen molar-refractivity contribution in [2.24, 2.45) is 0 Å². The largest absolute Gasteiger partial charge is 0.477 e. The van der Waals surface area contributed by atoms with E-state index in [1.54, 1.807) is 30.3 Å². The number of carbonyl (C=O) groups is 3. The number of rotatable bonds is 10. The van der Waals surface area contributed by atoms with Gasteiger partial charge in [0.2, 0.25) is 5.91 Å². The molecule has 13 heteroatoms. The molecule has 206 valence electrons. The third-order valence-corrected chi connectivity index (χ3v) is 6.71. The zero-order chi connectivity index (χ0) is 28.0. The molecule has 2 amide bonds. The Morgan fingerprint density at radius 3 is 2.42 bits per heavy atom. The van der Waals surface area contributed by atoms with Crippen molar-refractivity contribution in [1.29, 1.82) is 0 Å². The van der Waals surface area contributed by atoms with Gasteiger partial charge in [0, 0.05) is 25.5 Å². The fourth-order valence-corrected chi connectivity index (χ4v) is 4.30. The molecule has 1 heterocycles. The standard InChI is InChI=1S/C25H28Cl2N2O9/c1-13(30)29-20-18(31)10-25(24(35)36,37-12-14-5-3-2-4-6-14)38-22(20)21(33)19(32)11-28-23(34)15-7-8-16(26)17(27)9-15/h2-9,18-22,31-33H,10-12H2,1H3,(H,28,34)(H,29,30)(H,35,36)/t18-,19+,20+,21-,22+,25+/m0/s1. The van der Waals surface area contributed by atoms with Crippen LogP contribution in [0.15, 0.2) is 48.5 Å². The third kappa shape index (κ3) is 7.20. The Morgan fingerprint density at radius 1 is 1.13 bits per heavy atom. The lowest BCUT2D eigenvalue weighted by Crippen LogP contribution is -2.68. The van der Waals surface area contributed by atoms with Crippen molar-refractivity contribution in [1.82, 2.24) is 10.6 Å². The van der Waals surface area contributed by atoms with E-state index >= 15 is 0 Å². The Morgan fingerprint density at radius 2 is 1.82 bits per heavy atom. The summed E-state index contributed by atoms with van der Waals surface area (Å²) in [4.78, 5) is 36.5. The number of carboxylic acid groups (broad SMARTS) is 1. The average molecular weight is 571 g/mol. The van der Waals surface area contributed by atoms with Gasteiger partial charge in [-0.05, 0) is 23.8 Å². The summed E-state index contributed by atoms with van der Waals surface area (Å²) in [6.45, 7) is 0.471. The lowest BCUT2D eigenvalue weighted by molar-refractivity contribution is -0.314. The van der Waals surface area contributed by atoms with Gasteiger partial charge < -0.3 is 40.5 Å². The van der Waals surface area contributed by atoms with Crippen LogP contribution in [0.1, 0.15) is 29.3 Å². The summed E-state index contributed by atoms with van der Waals surface area (Å²) in [7, 11) is 0. The van der Waals surface area contributed by atoms with Crippen LogP contribution in [0.3, 0.4) is 0 Å². The number of carboxylic acids is 1. The topological polar surface area (TPSA) is 175 Å². The van der Waals surface area contributed by atoms with Crippen LogP contribution >= 0.6 is 23.2 Å². The first-order valence-electron chi connectivity index (χ1n) is 11.6. The Bertz CT molecular complexity index is 1150. The molecule has 0 unspecified atom stereocenters. The van der Waals surface area contributed by atoms with Crippen LogP contribution < -0.4 is 10.6 Å². The highest BCUT2D eigenvalue weighted by atomic mass is 35.5. The van der Waals surface area contributed by atoms with Crippen LogP contribution in [-0.4, -0.2) is 81.0 Å². The Balaban J connectivity index is 1.78. The summed E-state index contributed by atoms with van der Waals surface area (Å²) in [6.07, 6.45) is -7.31. The van der Waals surface area contributed by atoms with Crippen LogP contribution in [0, 0.1) is 0 Å². The zero-order valence-electron chi connectivity index (χ0n) is 20.2. The van der Waals surface area contributed by atoms with Crippen molar-refractivity contribution in [3.8, 4) is 0 Å². The summed E-state index contributed by atoms with van der Waals surface area (Å²) in [5.41, 5.74) is 0.762. The van der Waals surface area contributed by atoms with Gasteiger partial charge in [0.05, 0.1) is 34.9 Å². The molecule has 0 spiro atoms. The van der Waals surface area contributed by atoms with Gasteiger partial charge in [0.15, 0.2) is 0 Å². The number of hydrogen-bond acceptors (Lipinski definition) is 8. The zero-order valence-corrected chi connectivity index (χ0v) is 21.7. The van der Waals surface area contributed by atoms with E-state index in [1.165, 1.54) is 18.2 Å². The minimum absolute atomic E-state index is 0.140. The van der Waals surface area contributed by atoms with Gasteiger partial charge in [-0.1, -0.05) is 53.5 Å². The molecule has 11 nitrogen and oxygen atoms in total. The van der Waals surface area contributed by atoms with E-state index in [0.29, 0.717) is 5.56 Å². The predicted molar refractivity (Wildman–Crippen MR) is 136 cm³/mol. The van der Waals surface area contributed by atoms with Crippen molar-refractivity contribution >= 4 is 41.0 Å². The van der Waals surface area contributed by atoms with Crippen LogP contribution in [0.4, 0.5) is 0 Å². The van der Waals surface area contributed by atoms with Crippen LogP contribution in [0.5, 0.6) is 0 Å². The molecular formula is C25H28Cl2N2O9. The molecule has 0 bridgehead atoms. The maximum atomic E-state index is 12.5. The van der Waals surface area contributed by atoms with E-state index in [2.05, 4.69) is 10.6 Å². The number of halogens is 2. The summed E-state index contributed by atoms with van der Waals surface area (Å²) in [6, 6.07) is 11.5. The molecule has 0 radical (unpaired) electrons. The normalized spacial score (nSPS) is 24.7. The number of hydrogen-bond donors (Lipinski definition) is 6. The second-order valence-corrected chi connectivity index (χ2v) is 9.62. The first kappa shape index (κ1) is 29.8. The number of aliphatic hydroxyl groups is 3. The first-order chi connectivity index (χ1) is 17.9. The third-order valence-electron chi connectivity index (χ3n) is 5.97. The highest BCUT2D eigenvalue weighted by Gasteiger charge is 2.55. The second-order valence-electron chi connectivity index (χ2n) is 8.81. The quantitative estimate of drug-likeness (QED) is 0.244. The predicted octanol–water partition coefficient (Wildman–Crippen LogP) is 1.10. The van der Waals surface area contributed by atoms with E-state index in [9.17, 15) is 34.8 Å². The molecule has 0 saturated carbocycles. The maximum absolute atomic E-state index is 12.5. The number of ether oxygens (including phenoxy) is 2. The molecule has 1 aliphatic rings. The van der Waals surface area contributed by atoms with Crippen LogP contribution in [-0.2, 0) is 25.7 Å². The average Bonchev–Trinajstić information content (AvgIpc) is 2.88. The van der Waals surface area contributed by atoms with E-state index < -0.39 is 67.0 Å². The summed E-state index contributed by atoms with van der Waals surface area (Å²) in [5, 5.41) is 47.6. The molecule has 6 N–H and O–H groups in total. The maximum Gasteiger partial charge on any atom is 0.364 e. The number of aliphatic carboxylic acids is 1. The Hall–Kier alpha value is -2.77. The van der Waals surface area contributed by atoms with E-state index in [0.717, 1.165) is 6.92 Å². The van der Waals surface area contributed by atoms with Gasteiger partial charge >= 0.3 is 5.97 Å². The number of amides is 2. The van der Waals surface area contributed by atoms with Crippen LogP contribution in [0.2, 0.25) is 10.0 Å². The number of nitrogens with one attached hydrogen (secondary N) is 2. The van der Waals surface area contributed by atoms with E-state index in [4.69, 9.17) is 32.7 Å². The minimum Gasteiger partial charge on any atom is -0.477 e. The molecule has 2 aromatic carbocycles. The van der Waals surface area contributed by atoms with E-state index in [1.807, 2.05) is 0 Å². The van der Waals surface area contributed by atoms with Gasteiger partial charge in [0.1, 0.15) is 12.2 Å². The molecule has 0 aromatic heterocycles. The molecule has 0 aliphatic carbocycles. The SMILES string of the molecule is CC(=O)N[C@H]1[C@H]([C@@H](O)[C@H](O)CNC(=O)c2ccc(Cl)c(Cl)c2)O[C@@](OCc2ccccc2)(C(=O)O)C[C@@H]1O. The number of aliphatic hydroxyl groups excluding tert-OH is 3. The van der Waals surface area contributed by atoms with Crippen LogP contribution in [0.25, 0.3) is 0 Å². The molecule has 1 fully saturated rings. The lowest BCUT2D eigenvalue weighted by atomic mass is 9.88. The van der Waals surface area contributed by atoms with Gasteiger partial charge in [-0.2, -0.15) is 0 Å². The summed E-state index contributed by atoms with van der Waals surface area (Å²) in [5.74, 6) is -5.21. The van der Waals surface area contributed by atoms with Gasteiger partial charge in [-0.15, -0.1) is 0 Å². The van der Waals surface area contributed by atoms with Crippen molar-refractivity contribution in [2.75, 3.05) is 6.54 Å². The Kier molecular flexibility index (Phi) is 10.1. The summed E-state index contributed by atoms with van der Waals surface area (Å²) >= 11 is 11.8. The lowest BCUT2D eigenvalue weighted by Gasteiger charge is -2.46. The summed E-state index contributed by atoms with van der Waals surface area (Å²) < 4.78 is 11.3. The molecule has 6 atom stereocenters. The smallest absolute Gasteiger partial charge is 0.364 e. The number of carbonyl (C=O) groups excluding carboxylic acids is 2. The molecule has 2 aromatic rings. The van der Waals surface area contributed by atoms with Crippen molar-refractivity contribution in [3.63, 3.8) is 0 Å². The molecule has 3 rings (SSSR count). The van der Waals surface area contributed by atoms with Gasteiger partial charge in [0.25, 0.3) is 11.7 Å². The second kappa shape index (κ2) is 12.9. The van der Waals surface area contributed by atoms with E-state index in [-0.39, 0.29) is 22.2 Å². The Labute approximate surface area is 228 Å². The van der Waals surface area contributed by atoms with Crippen molar-refractivity contribution in [3.05, 3.63) is 69.7 Å². The molecule has 1 aliphatic heterocycles. The van der Waals surface area contributed by atoms with Gasteiger partial charge in [-0.3, -0.25) is 9.59 Å². The number of benzene rings is 2. The highest BCUT2D eigenvalue weighted by Crippen LogP contribution is 2.34. The fraction of sp³-hybridized carbons (Fsp3) is 0.400.